The highest BCUT2D eigenvalue weighted by molar-refractivity contribution is 7.91. The molecule has 0 saturated carbocycles. The van der Waals surface area contributed by atoms with E-state index >= 15 is 0 Å². The van der Waals surface area contributed by atoms with E-state index in [9.17, 15) is 22.4 Å². The van der Waals surface area contributed by atoms with Crippen molar-refractivity contribution in [1.29, 1.82) is 0 Å². The van der Waals surface area contributed by atoms with Crippen LogP contribution in [0.5, 0.6) is 11.5 Å². The maximum absolute atomic E-state index is 13.7. The molecule has 0 radical (unpaired) electrons. The SMILES string of the molecule is COc1ccc(COc2c3c(c(N(C)S(=O)(=O)NC(=O)OCC[Si](C)(C)C)c4cc(Cc5ccc(F)cc5)cnc24)CN(C)C3=O)cc1. The number of carbonyl (C=O) groups excluding carboxylic acids is 2. The molecule has 1 aliphatic rings. The fourth-order valence-corrected chi connectivity index (χ4v) is 6.94. The molecule has 4 aromatic rings. The van der Waals surface area contributed by atoms with Crippen LogP contribution in [0.3, 0.4) is 0 Å². The Morgan fingerprint density at radius 1 is 1.06 bits per heavy atom. The molecule has 2 heterocycles. The lowest BCUT2D eigenvalue weighted by molar-refractivity contribution is 0.0813. The molecule has 1 aromatic heterocycles. The molecule has 254 valence electrons. The van der Waals surface area contributed by atoms with Crippen molar-refractivity contribution in [2.45, 2.75) is 45.3 Å². The van der Waals surface area contributed by atoms with Gasteiger partial charge in [0, 0.05) is 45.9 Å². The molecule has 0 unspecified atom stereocenters. The van der Waals surface area contributed by atoms with Crippen LogP contribution in [0, 0.1) is 5.82 Å². The van der Waals surface area contributed by atoms with Gasteiger partial charge in [-0.25, -0.2) is 13.9 Å². The third-order valence-corrected chi connectivity index (χ3v) is 11.1. The van der Waals surface area contributed by atoms with Crippen molar-refractivity contribution in [3.8, 4) is 11.5 Å². The van der Waals surface area contributed by atoms with Crippen LogP contribution in [0.15, 0.2) is 60.8 Å². The smallest absolute Gasteiger partial charge is 0.422 e. The number of halogens is 1. The summed E-state index contributed by atoms with van der Waals surface area (Å²) >= 11 is 0. The van der Waals surface area contributed by atoms with E-state index in [1.807, 2.05) is 16.9 Å². The van der Waals surface area contributed by atoms with Gasteiger partial charge >= 0.3 is 16.3 Å². The number of aromatic nitrogens is 1. The van der Waals surface area contributed by atoms with E-state index in [0.717, 1.165) is 15.4 Å². The Balaban J connectivity index is 1.60. The Hall–Kier alpha value is -4.69. The van der Waals surface area contributed by atoms with E-state index in [2.05, 4.69) is 19.6 Å². The zero-order chi connectivity index (χ0) is 34.8. The van der Waals surface area contributed by atoms with E-state index in [-0.39, 0.29) is 54.0 Å². The van der Waals surface area contributed by atoms with Gasteiger partial charge in [0.2, 0.25) is 0 Å². The topological polar surface area (TPSA) is 127 Å². The largest absolute Gasteiger partial charge is 0.497 e. The van der Waals surface area contributed by atoms with Crippen molar-refractivity contribution in [2.24, 2.45) is 0 Å². The number of amides is 2. The molecule has 11 nitrogen and oxygen atoms in total. The zero-order valence-electron chi connectivity index (χ0n) is 27.8. The molecule has 0 spiro atoms. The first-order valence-electron chi connectivity index (χ1n) is 15.3. The lowest BCUT2D eigenvalue weighted by atomic mass is 9.98. The maximum atomic E-state index is 13.7. The van der Waals surface area contributed by atoms with Gasteiger partial charge in [-0.3, -0.25) is 14.1 Å². The number of pyridine rings is 1. The van der Waals surface area contributed by atoms with Gasteiger partial charge in [-0.2, -0.15) is 8.42 Å². The summed E-state index contributed by atoms with van der Waals surface area (Å²) in [5, 5.41) is 0.390. The predicted molar refractivity (Wildman–Crippen MR) is 184 cm³/mol. The van der Waals surface area contributed by atoms with Crippen LogP contribution in [-0.2, 0) is 34.5 Å². The third kappa shape index (κ3) is 7.71. The van der Waals surface area contributed by atoms with Crippen LogP contribution in [0.4, 0.5) is 14.9 Å². The molecule has 0 bridgehead atoms. The van der Waals surface area contributed by atoms with Crippen molar-refractivity contribution < 1.29 is 36.6 Å². The summed E-state index contributed by atoms with van der Waals surface area (Å²) in [5.41, 5.74) is 3.36. The number of ether oxygens (including phenoxy) is 3. The molecule has 0 fully saturated rings. The number of benzene rings is 3. The molecule has 2 amide bonds. The first-order chi connectivity index (χ1) is 22.7. The van der Waals surface area contributed by atoms with Crippen molar-refractivity contribution in [3.63, 3.8) is 0 Å². The summed E-state index contributed by atoms with van der Waals surface area (Å²) in [6.45, 7) is 6.62. The van der Waals surface area contributed by atoms with Gasteiger partial charge in [0.05, 0.1) is 25.0 Å². The molecular weight excluding hydrogens is 656 g/mol. The van der Waals surface area contributed by atoms with Gasteiger partial charge in [0.15, 0.2) is 5.75 Å². The average Bonchev–Trinajstić information content (AvgIpc) is 3.32. The predicted octanol–water partition coefficient (Wildman–Crippen LogP) is 5.88. The Bertz CT molecular complexity index is 1950. The highest BCUT2D eigenvalue weighted by Gasteiger charge is 2.37. The van der Waals surface area contributed by atoms with E-state index in [0.29, 0.717) is 34.7 Å². The zero-order valence-corrected chi connectivity index (χ0v) is 29.6. The lowest BCUT2D eigenvalue weighted by Gasteiger charge is -2.25. The van der Waals surface area contributed by atoms with Crippen molar-refractivity contribution in [3.05, 3.63) is 94.4 Å². The number of rotatable bonds is 12. The number of nitrogens with zero attached hydrogens (tertiary/aromatic N) is 3. The highest BCUT2D eigenvalue weighted by atomic mass is 32.2. The van der Waals surface area contributed by atoms with E-state index in [4.69, 9.17) is 19.2 Å². The van der Waals surface area contributed by atoms with E-state index in [1.54, 1.807) is 50.7 Å². The van der Waals surface area contributed by atoms with Crippen LogP contribution >= 0.6 is 0 Å². The Labute approximate surface area is 280 Å². The standard InChI is InChI=1S/C34H39FN4O7SSi/c1-38-20-28-29(33(38)40)32(46-21-23-9-13-26(44-3)14-10-23)30-27(18-24(19-36-30)17-22-7-11-25(35)12-8-22)31(28)39(2)47(42,43)37-34(41)45-15-16-48(4,5)6/h7-14,18-19H,15-17,20-21H2,1-6H3,(H,37,41). The average molecular weight is 695 g/mol. The van der Waals surface area contributed by atoms with Crippen LogP contribution in [0.2, 0.25) is 25.7 Å². The monoisotopic (exact) mass is 694 g/mol. The number of anilines is 1. The molecule has 1 N–H and O–H groups in total. The van der Waals surface area contributed by atoms with Crippen molar-refractivity contribution in [1.82, 2.24) is 14.6 Å². The van der Waals surface area contributed by atoms with Gasteiger partial charge in [-0.1, -0.05) is 43.9 Å². The number of methoxy groups -OCH3 is 1. The molecule has 48 heavy (non-hydrogen) atoms. The van der Waals surface area contributed by atoms with Crippen molar-refractivity contribution in [2.75, 3.05) is 32.1 Å². The number of nitrogens with one attached hydrogen (secondary N) is 1. The van der Waals surface area contributed by atoms with Gasteiger partial charge in [-0.05, 0) is 59.5 Å². The molecule has 0 saturated heterocycles. The fourth-order valence-electron chi connectivity index (χ4n) is 5.37. The second-order valence-corrected chi connectivity index (χ2v) is 20.2. The molecular formula is C34H39FN4O7SSi. The first-order valence-corrected chi connectivity index (χ1v) is 20.5. The summed E-state index contributed by atoms with van der Waals surface area (Å²) in [7, 11) is -1.55. The van der Waals surface area contributed by atoms with E-state index in [1.165, 1.54) is 24.1 Å². The Kier molecular flexibility index (Phi) is 9.96. The number of fused-ring (bicyclic) bond motifs is 2. The summed E-state index contributed by atoms with van der Waals surface area (Å²) in [5.74, 6) is 0.171. The van der Waals surface area contributed by atoms with Gasteiger partial charge in [-0.15, -0.1) is 0 Å². The molecule has 14 heteroatoms. The van der Waals surface area contributed by atoms with Gasteiger partial charge < -0.3 is 19.1 Å². The summed E-state index contributed by atoms with van der Waals surface area (Å²) in [4.78, 5) is 32.4. The molecule has 0 aliphatic carbocycles. The van der Waals surface area contributed by atoms with E-state index < -0.39 is 24.4 Å². The van der Waals surface area contributed by atoms with Crippen LogP contribution in [0.25, 0.3) is 10.9 Å². The minimum atomic E-state index is -4.51. The van der Waals surface area contributed by atoms with Crippen molar-refractivity contribution >= 4 is 46.9 Å². The fraction of sp³-hybridized carbons (Fsp3) is 0.324. The van der Waals surface area contributed by atoms with Crippen LogP contribution in [0.1, 0.15) is 32.6 Å². The lowest BCUT2D eigenvalue weighted by Crippen LogP contribution is -2.42. The number of hydrogen-bond donors (Lipinski definition) is 1. The molecule has 5 rings (SSSR count). The molecule has 1 aliphatic heterocycles. The summed E-state index contributed by atoms with van der Waals surface area (Å²) in [6.07, 6.45) is 0.899. The number of carbonyl (C=O) groups is 2. The second-order valence-electron chi connectivity index (χ2n) is 12.9. The number of hydrogen-bond acceptors (Lipinski definition) is 8. The molecule has 0 atom stereocenters. The summed E-state index contributed by atoms with van der Waals surface area (Å²) in [6, 6.07) is 15.8. The van der Waals surface area contributed by atoms with Crippen LogP contribution in [-0.4, -0.2) is 66.2 Å². The molecule has 3 aromatic carbocycles. The quantitative estimate of drug-likeness (QED) is 0.182. The highest BCUT2D eigenvalue weighted by Crippen LogP contribution is 2.45. The minimum Gasteiger partial charge on any atom is -0.497 e. The third-order valence-electron chi connectivity index (χ3n) is 8.02. The minimum absolute atomic E-state index is 0.0844. The first kappa shape index (κ1) is 34.6. The van der Waals surface area contributed by atoms with Gasteiger partial charge in [0.25, 0.3) is 5.91 Å². The Morgan fingerprint density at radius 2 is 1.73 bits per heavy atom. The Morgan fingerprint density at radius 3 is 2.38 bits per heavy atom. The summed E-state index contributed by atoms with van der Waals surface area (Å²) < 4.78 is 60.7. The van der Waals surface area contributed by atoms with Gasteiger partial charge in [0.1, 0.15) is 23.7 Å². The van der Waals surface area contributed by atoms with Crippen LogP contribution < -0.4 is 18.5 Å². The second kappa shape index (κ2) is 13.8. The normalized spacial score (nSPS) is 13.0. The maximum Gasteiger partial charge on any atom is 0.422 e.